The fourth-order valence-electron chi connectivity index (χ4n) is 4.18. The molecule has 1 fully saturated rings. The zero-order valence-corrected chi connectivity index (χ0v) is 20.5. The molecule has 0 spiro atoms. The number of ketones is 1. The van der Waals surface area contributed by atoms with E-state index in [4.69, 9.17) is 18.6 Å². The molecule has 1 aliphatic heterocycles. The minimum Gasteiger partial charge on any atom is -0.507 e. The van der Waals surface area contributed by atoms with E-state index >= 15 is 0 Å². The SMILES string of the molecule is CCCCOc1ccc(C2/C(=C(\O)c3ccc(OC)c(OC)c3)C(=O)C(=O)N2Cc2ccco2)cc1. The summed E-state index contributed by atoms with van der Waals surface area (Å²) in [6.07, 6.45) is 3.47. The summed E-state index contributed by atoms with van der Waals surface area (Å²) in [6.45, 7) is 2.76. The molecule has 1 aromatic heterocycles. The van der Waals surface area contributed by atoms with Gasteiger partial charge in [0, 0.05) is 5.56 Å². The van der Waals surface area contributed by atoms with Gasteiger partial charge in [-0.15, -0.1) is 0 Å². The van der Waals surface area contributed by atoms with Crippen molar-refractivity contribution in [2.75, 3.05) is 20.8 Å². The Bertz CT molecular complexity index is 1250. The molecular weight excluding hydrogens is 462 g/mol. The molecule has 1 unspecified atom stereocenters. The molecule has 36 heavy (non-hydrogen) atoms. The van der Waals surface area contributed by atoms with E-state index in [1.165, 1.54) is 25.4 Å². The molecule has 2 heterocycles. The lowest BCUT2D eigenvalue weighted by atomic mass is 9.95. The summed E-state index contributed by atoms with van der Waals surface area (Å²) in [4.78, 5) is 27.8. The van der Waals surface area contributed by atoms with Gasteiger partial charge < -0.3 is 28.6 Å². The van der Waals surface area contributed by atoms with Crippen molar-refractivity contribution in [3.05, 3.63) is 83.3 Å². The van der Waals surface area contributed by atoms with Crippen LogP contribution in [0.2, 0.25) is 0 Å². The molecule has 0 aliphatic carbocycles. The van der Waals surface area contributed by atoms with E-state index in [2.05, 4.69) is 6.92 Å². The molecule has 1 atom stereocenters. The van der Waals surface area contributed by atoms with E-state index in [1.54, 1.807) is 54.6 Å². The van der Waals surface area contributed by atoms with Crippen LogP contribution in [0.1, 0.15) is 42.7 Å². The lowest BCUT2D eigenvalue weighted by molar-refractivity contribution is -0.140. The monoisotopic (exact) mass is 491 g/mol. The second-order valence-corrected chi connectivity index (χ2v) is 8.35. The van der Waals surface area contributed by atoms with Gasteiger partial charge in [-0.25, -0.2) is 0 Å². The number of hydrogen-bond donors (Lipinski definition) is 1. The van der Waals surface area contributed by atoms with Gasteiger partial charge in [0.05, 0.1) is 45.2 Å². The third-order valence-corrected chi connectivity index (χ3v) is 6.07. The van der Waals surface area contributed by atoms with Gasteiger partial charge in [0.25, 0.3) is 11.7 Å². The van der Waals surface area contributed by atoms with Crippen LogP contribution in [0.15, 0.2) is 70.9 Å². The number of amides is 1. The average Bonchev–Trinajstić information content (AvgIpc) is 3.51. The highest BCUT2D eigenvalue weighted by molar-refractivity contribution is 6.46. The summed E-state index contributed by atoms with van der Waals surface area (Å²) >= 11 is 0. The number of carbonyl (C=O) groups is 2. The predicted molar refractivity (Wildman–Crippen MR) is 133 cm³/mol. The standard InChI is InChI=1S/C28H29NO7/c1-4-5-14-35-20-11-8-18(9-12-20)25-24(26(30)19-10-13-22(33-2)23(16-19)34-3)27(31)28(32)29(25)17-21-7-6-15-36-21/h6-13,15-16,25,30H,4-5,14,17H2,1-3H3/b26-24+. The smallest absolute Gasteiger partial charge is 0.296 e. The third-order valence-electron chi connectivity index (χ3n) is 6.07. The van der Waals surface area contributed by atoms with Gasteiger partial charge in [-0.3, -0.25) is 9.59 Å². The van der Waals surface area contributed by atoms with Crippen molar-refractivity contribution in [3.8, 4) is 17.2 Å². The number of unbranched alkanes of at least 4 members (excludes halogenated alkanes) is 1. The van der Waals surface area contributed by atoms with Gasteiger partial charge in [0.2, 0.25) is 0 Å². The second-order valence-electron chi connectivity index (χ2n) is 8.35. The van der Waals surface area contributed by atoms with Crippen molar-refractivity contribution in [3.63, 3.8) is 0 Å². The van der Waals surface area contributed by atoms with Gasteiger partial charge in [0.1, 0.15) is 17.3 Å². The van der Waals surface area contributed by atoms with Crippen molar-refractivity contribution in [1.82, 2.24) is 4.90 Å². The van der Waals surface area contributed by atoms with Gasteiger partial charge in [0.15, 0.2) is 11.5 Å². The van der Waals surface area contributed by atoms with Crippen molar-refractivity contribution in [1.29, 1.82) is 0 Å². The number of ether oxygens (including phenoxy) is 3. The fraction of sp³-hybridized carbons (Fsp3) is 0.286. The quantitative estimate of drug-likeness (QED) is 0.182. The summed E-state index contributed by atoms with van der Waals surface area (Å²) in [5.41, 5.74) is 0.970. The first kappa shape index (κ1) is 24.9. The number of nitrogens with zero attached hydrogens (tertiary/aromatic N) is 1. The van der Waals surface area contributed by atoms with Crippen LogP contribution in [0.3, 0.4) is 0 Å². The zero-order valence-electron chi connectivity index (χ0n) is 20.5. The lowest BCUT2D eigenvalue weighted by Gasteiger charge is -2.24. The summed E-state index contributed by atoms with van der Waals surface area (Å²) in [5.74, 6) is 0.273. The van der Waals surface area contributed by atoms with Crippen LogP contribution in [0.4, 0.5) is 0 Å². The topological polar surface area (TPSA) is 98.4 Å². The molecule has 1 saturated heterocycles. The normalized spacial score (nSPS) is 16.9. The van der Waals surface area contributed by atoms with Crippen LogP contribution in [0, 0.1) is 0 Å². The molecule has 8 heteroatoms. The minimum absolute atomic E-state index is 0.0153. The summed E-state index contributed by atoms with van der Waals surface area (Å²) in [5, 5.41) is 11.3. The highest BCUT2D eigenvalue weighted by atomic mass is 16.5. The number of aliphatic hydroxyl groups excluding tert-OH is 1. The van der Waals surface area contributed by atoms with Gasteiger partial charge in [-0.05, 0) is 54.4 Å². The molecular formula is C28H29NO7. The van der Waals surface area contributed by atoms with Gasteiger partial charge in [-0.2, -0.15) is 0 Å². The Morgan fingerprint density at radius 3 is 2.42 bits per heavy atom. The maximum Gasteiger partial charge on any atom is 0.296 e. The maximum atomic E-state index is 13.2. The molecule has 3 aromatic rings. The first-order valence-electron chi connectivity index (χ1n) is 11.7. The second kappa shape index (κ2) is 11.0. The molecule has 0 saturated carbocycles. The lowest BCUT2D eigenvalue weighted by Crippen LogP contribution is -2.29. The number of methoxy groups -OCH3 is 2. The fourth-order valence-corrected chi connectivity index (χ4v) is 4.18. The van der Waals surface area contributed by atoms with Crippen molar-refractivity contribution in [2.24, 2.45) is 0 Å². The van der Waals surface area contributed by atoms with Crippen molar-refractivity contribution >= 4 is 17.4 Å². The maximum absolute atomic E-state index is 13.2. The Kier molecular flexibility index (Phi) is 7.63. The molecule has 1 amide bonds. The Hall–Kier alpha value is -4.20. The number of rotatable bonds is 10. The van der Waals surface area contributed by atoms with Gasteiger partial charge in [-0.1, -0.05) is 25.5 Å². The van der Waals surface area contributed by atoms with Gasteiger partial charge >= 0.3 is 0 Å². The van der Waals surface area contributed by atoms with E-state index in [0.29, 0.717) is 40.7 Å². The molecule has 2 aromatic carbocycles. The molecule has 4 rings (SSSR count). The molecule has 0 bridgehead atoms. The number of benzene rings is 2. The van der Waals surface area contributed by atoms with Crippen LogP contribution in [-0.2, 0) is 16.1 Å². The molecule has 1 aliphatic rings. The van der Waals surface area contributed by atoms with Crippen molar-refractivity contribution in [2.45, 2.75) is 32.4 Å². The first-order chi connectivity index (χ1) is 17.5. The summed E-state index contributed by atoms with van der Waals surface area (Å²) < 4.78 is 21.8. The summed E-state index contributed by atoms with van der Waals surface area (Å²) in [7, 11) is 2.99. The highest BCUT2D eigenvalue weighted by Gasteiger charge is 2.46. The van der Waals surface area contributed by atoms with Crippen LogP contribution in [0.5, 0.6) is 17.2 Å². The number of likely N-dealkylation sites (tertiary alicyclic amines) is 1. The van der Waals surface area contributed by atoms with Crippen LogP contribution >= 0.6 is 0 Å². The number of furan rings is 1. The van der Waals surface area contributed by atoms with E-state index in [9.17, 15) is 14.7 Å². The van der Waals surface area contributed by atoms with Crippen molar-refractivity contribution < 1.29 is 33.3 Å². The molecule has 0 radical (unpaired) electrons. The van der Waals surface area contributed by atoms with E-state index in [1.807, 2.05) is 0 Å². The van der Waals surface area contributed by atoms with Crippen LogP contribution in [-0.4, -0.2) is 42.5 Å². The Morgan fingerprint density at radius 1 is 1.03 bits per heavy atom. The Morgan fingerprint density at radius 2 is 1.78 bits per heavy atom. The van der Waals surface area contributed by atoms with E-state index in [0.717, 1.165) is 12.8 Å². The predicted octanol–water partition coefficient (Wildman–Crippen LogP) is 5.10. The average molecular weight is 492 g/mol. The van der Waals surface area contributed by atoms with E-state index < -0.39 is 17.7 Å². The molecule has 1 N–H and O–H groups in total. The molecule has 8 nitrogen and oxygen atoms in total. The Balaban J connectivity index is 1.78. The third kappa shape index (κ3) is 4.93. The number of carbonyl (C=O) groups excluding carboxylic acids is 2. The largest absolute Gasteiger partial charge is 0.507 e. The number of Topliss-reactive ketones (excluding diaryl/α,β-unsaturated/α-hetero) is 1. The van der Waals surface area contributed by atoms with Crippen LogP contribution in [0.25, 0.3) is 5.76 Å². The minimum atomic E-state index is -0.826. The zero-order chi connectivity index (χ0) is 25.7. The highest BCUT2D eigenvalue weighted by Crippen LogP contribution is 2.41. The van der Waals surface area contributed by atoms with E-state index in [-0.39, 0.29) is 17.9 Å². The summed E-state index contributed by atoms with van der Waals surface area (Å²) in [6, 6.07) is 14.6. The Labute approximate surface area is 209 Å². The first-order valence-corrected chi connectivity index (χ1v) is 11.7. The van der Waals surface area contributed by atoms with Crippen LogP contribution < -0.4 is 14.2 Å². The number of aliphatic hydroxyl groups is 1. The molecule has 188 valence electrons. The number of hydrogen-bond acceptors (Lipinski definition) is 7.